The quantitative estimate of drug-likeness (QED) is 0.838. The molecule has 1 N–H and O–H groups in total. The maximum absolute atomic E-state index is 10.0. The summed E-state index contributed by atoms with van der Waals surface area (Å²) in [7, 11) is 0. The molecule has 0 unspecified atom stereocenters. The molecule has 2 heteroatoms. The van der Waals surface area contributed by atoms with Gasteiger partial charge < -0.3 is 10.0 Å². The number of hydrogen-bond acceptors (Lipinski definition) is 2. The Balaban J connectivity index is 1.77. The van der Waals surface area contributed by atoms with Crippen molar-refractivity contribution in [2.45, 2.75) is 31.8 Å². The predicted octanol–water partition coefficient (Wildman–Crippen LogP) is 2.08. The lowest BCUT2D eigenvalue weighted by Gasteiger charge is -2.28. The Labute approximate surface area is 97.9 Å². The summed E-state index contributed by atoms with van der Waals surface area (Å²) in [6.45, 7) is 3.15. The van der Waals surface area contributed by atoms with Gasteiger partial charge in [0, 0.05) is 6.54 Å². The van der Waals surface area contributed by atoms with E-state index in [0.29, 0.717) is 0 Å². The first-order valence-corrected chi connectivity index (χ1v) is 6.29. The summed E-state index contributed by atoms with van der Waals surface area (Å²) in [6.07, 6.45) is 4.49. The molecule has 88 valence electrons. The van der Waals surface area contributed by atoms with Crippen LogP contribution in [0.4, 0.5) is 0 Å². The average Bonchev–Trinajstić information content (AvgIpc) is 2.31. The number of aliphatic hydroxyl groups is 1. The van der Waals surface area contributed by atoms with Crippen LogP contribution in [-0.2, 0) is 6.42 Å². The maximum atomic E-state index is 10.0. The van der Waals surface area contributed by atoms with E-state index in [2.05, 4.69) is 17.0 Å². The smallest absolute Gasteiger partial charge is 0.0707 e. The molecule has 0 radical (unpaired) electrons. The molecular formula is C14H21NO. The Hall–Kier alpha value is -0.860. The third kappa shape index (κ3) is 3.62. The van der Waals surface area contributed by atoms with Gasteiger partial charge in [-0.2, -0.15) is 0 Å². The molecule has 0 amide bonds. The molecule has 1 atom stereocenters. The van der Waals surface area contributed by atoms with Gasteiger partial charge in [-0.05, 0) is 37.9 Å². The highest BCUT2D eigenvalue weighted by Crippen LogP contribution is 2.10. The summed E-state index contributed by atoms with van der Waals surface area (Å²) in [5, 5.41) is 10.0. The minimum absolute atomic E-state index is 0.222. The van der Waals surface area contributed by atoms with Gasteiger partial charge in [-0.15, -0.1) is 0 Å². The van der Waals surface area contributed by atoms with E-state index >= 15 is 0 Å². The van der Waals surface area contributed by atoms with Crippen molar-refractivity contribution in [3.63, 3.8) is 0 Å². The Morgan fingerprint density at radius 1 is 1.06 bits per heavy atom. The van der Waals surface area contributed by atoms with E-state index in [4.69, 9.17) is 0 Å². The second-order valence-corrected chi connectivity index (χ2v) is 4.70. The van der Waals surface area contributed by atoms with Gasteiger partial charge in [0.25, 0.3) is 0 Å². The first kappa shape index (κ1) is 11.6. The lowest BCUT2D eigenvalue weighted by atomic mass is 10.1. The number of β-amino-alcohol motifs (C(OH)–C–C–N with tert-alkyl or cyclic N) is 1. The first-order chi connectivity index (χ1) is 7.84. The minimum Gasteiger partial charge on any atom is -0.391 e. The van der Waals surface area contributed by atoms with Crippen LogP contribution in [-0.4, -0.2) is 35.7 Å². The Morgan fingerprint density at radius 2 is 1.75 bits per heavy atom. The molecule has 1 fully saturated rings. The molecule has 1 aliphatic heterocycles. The summed E-state index contributed by atoms with van der Waals surface area (Å²) >= 11 is 0. The summed E-state index contributed by atoms with van der Waals surface area (Å²) in [5.74, 6) is 0. The van der Waals surface area contributed by atoms with Gasteiger partial charge in [-0.25, -0.2) is 0 Å². The van der Waals surface area contributed by atoms with Crippen LogP contribution in [0, 0.1) is 0 Å². The van der Waals surface area contributed by atoms with Crippen LogP contribution in [0.2, 0.25) is 0 Å². The molecule has 1 aromatic carbocycles. The number of nitrogens with zero attached hydrogens (tertiary/aromatic N) is 1. The van der Waals surface area contributed by atoms with Gasteiger partial charge in [-0.1, -0.05) is 36.8 Å². The van der Waals surface area contributed by atoms with Crippen LogP contribution in [0.15, 0.2) is 30.3 Å². The predicted molar refractivity (Wildman–Crippen MR) is 66.4 cm³/mol. The number of aliphatic hydroxyl groups excluding tert-OH is 1. The molecule has 1 aromatic rings. The number of rotatable bonds is 4. The number of likely N-dealkylation sites (tertiary alicyclic amines) is 1. The van der Waals surface area contributed by atoms with Gasteiger partial charge >= 0.3 is 0 Å². The standard InChI is InChI=1S/C14H21NO/c16-14(11-13-7-3-1-4-8-13)12-15-9-5-2-6-10-15/h1,3-4,7-8,14,16H,2,5-6,9-12H2/t14-/m0/s1. The molecule has 0 saturated carbocycles. The van der Waals surface area contributed by atoms with Crippen molar-refractivity contribution >= 4 is 0 Å². The van der Waals surface area contributed by atoms with Gasteiger partial charge in [-0.3, -0.25) is 0 Å². The third-order valence-corrected chi connectivity index (χ3v) is 3.23. The highest BCUT2D eigenvalue weighted by molar-refractivity contribution is 5.15. The van der Waals surface area contributed by atoms with Crippen LogP contribution in [0.1, 0.15) is 24.8 Å². The Bertz CT molecular complexity index is 293. The first-order valence-electron chi connectivity index (χ1n) is 6.29. The van der Waals surface area contributed by atoms with E-state index in [1.165, 1.54) is 24.8 Å². The normalized spacial score (nSPS) is 19.6. The largest absolute Gasteiger partial charge is 0.391 e. The Kier molecular flexibility index (Phi) is 4.37. The Morgan fingerprint density at radius 3 is 2.44 bits per heavy atom. The summed E-state index contributed by atoms with van der Waals surface area (Å²) in [6, 6.07) is 10.2. The second-order valence-electron chi connectivity index (χ2n) is 4.70. The van der Waals surface area contributed by atoms with E-state index in [0.717, 1.165) is 26.1 Å². The second kappa shape index (κ2) is 6.02. The van der Waals surface area contributed by atoms with Gasteiger partial charge in [0.1, 0.15) is 0 Å². The molecule has 16 heavy (non-hydrogen) atoms. The highest BCUT2D eigenvalue weighted by Gasteiger charge is 2.14. The van der Waals surface area contributed by atoms with Crippen molar-refractivity contribution in [2.24, 2.45) is 0 Å². The average molecular weight is 219 g/mol. The van der Waals surface area contributed by atoms with E-state index in [-0.39, 0.29) is 6.10 Å². The molecule has 0 bridgehead atoms. The molecule has 2 rings (SSSR count). The fourth-order valence-electron chi connectivity index (χ4n) is 2.39. The third-order valence-electron chi connectivity index (χ3n) is 3.23. The van der Waals surface area contributed by atoms with E-state index in [9.17, 15) is 5.11 Å². The van der Waals surface area contributed by atoms with Crippen molar-refractivity contribution in [1.82, 2.24) is 4.90 Å². The molecule has 2 nitrogen and oxygen atoms in total. The van der Waals surface area contributed by atoms with Gasteiger partial charge in [0.05, 0.1) is 6.10 Å². The zero-order valence-corrected chi connectivity index (χ0v) is 9.81. The van der Waals surface area contributed by atoms with E-state index in [1.807, 2.05) is 18.2 Å². The summed E-state index contributed by atoms with van der Waals surface area (Å²) < 4.78 is 0. The molecule has 0 spiro atoms. The SMILES string of the molecule is O[C@@H](Cc1ccccc1)CN1CCCCC1. The fraction of sp³-hybridized carbons (Fsp3) is 0.571. The lowest BCUT2D eigenvalue weighted by Crippen LogP contribution is -2.37. The van der Waals surface area contributed by atoms with Crippen molar-refractivity contribution in [3.8, 4) is 0 Å². The van der Waals surface area contributed by atoms with Gasteiger partial charge in [0.2, 0.25) is 0 Å². The van der Waals surface area contributed by atoms with Crippen molar-refractivity contribution in [3.05, 3.63) is 35.9 Å². The highest BCUT2D eigenvalue weighted by atomic mass is 16.3. The van der Waals surface area contributed by atoms with Crippen LogP contribution in [0.5, 0.6) is 0 Å². The monoisotopic (exact) mass is 219 g/mol. The topological polar surface area (TPSA) is 23.5 Å². The van der Waals surface area contributed by atoms with Crippen molar-refractivity contribution in [1.29, 1.82) is 0 Å². The van der Waals surface area contributed by atoms with Crippen LogP contribution < -0.4 is 0 Å². The molecule has 1 aliphatic rings. The summed E-state index contributed by atoms with van der Waals surface area (Å²) in [4.78, 5) is 2.39. The number of piperidine rings is 1. The fourth-order valence-corrected chi connectivity index (χ4v) is 2.39. The van der Waals surface area contributed by atoms with Gasteiger partial charge in [0.15, 0.2) is 0 Å². The summed E-state index contributed by atoms with van der Waals surface area (Å²) in [5.41, 5.74) is 1.23. The van der Waals surface area contributed by atoms with E-state index < -0.39 is 0 Å². The molecule has 0 aromatic heterocycles. The minimum atomic E-state index is -0.222. The number of benzene rings is 1. The molecular weight excluding hydrogens is 198 g/mol. The van der Waals surface area contributed by atoms with Crippen molar-refractivity contribution in [2.75, 3.05) is 19.6 Å². The van der Waals surface area contributed by atoms with E-state index in [1.54, 1.807) is 0 Å². The van der Waals surface area contributed by atoms with Crippen LogP contribution in [0.25, 0.3) is 0 Å². The zero-order chi connectivity index (χ0) is 11.2. The molecule has 0 aliphatic carbocycles. The molecule has 1 saturated heterocycles. The molecule has 1 heterocycles. The number of hydrogen-bond donors (Lipinski definition) is 1. The maximum Gasteiger partial charge on any atom is 0.0707 e. The zero-order valence-electron chi connectivity index (χ0n) is 9.81. The lowest BCUT2D eigenvalue weighted by molar-refractivity contribution is 0.101. The van der Waals surface area contributed by atoms with Crippen LogP contribution in [0.3, 0.4) is 0 Å². The van der Waals surface area contributed by atoms with Crippen LogP contribution >= 0.6 is 0 Å². The van der Waals surface area contributed by atoms with Crippen molar-refractivity contribution < 1.29 is 5.11 Å².